The number of rotatable bonds is 7. The lowest BCUT2D eigenvalue weighted by Crippen LogP contribution is -2.45. The van der Waals surface area contributed by atoms with Crippen LogP contribution >= 0.6 is 0 Å². The Balaban J connectivity index is 1.29. The normalized spacial score (nSPS) is 19.3. The van der Waals surface area contributed by atoms with Crippen LogP contribution in [-0.4, -0.2) is 79.4 Å². The zero-order chi connectivity index (χ0) is 33.5. The number of amides is 2. The molecule has 0 bridgehead atoms. The molecule has 252 valence electrons. The minimum Gasteiger partial charge on any atom is -0.369 e. The molecule has 11 nitrogen and oxygen atoms in total. The first-order valence-electron chi connectivity index (χ1n) is 16.1. The molecule has 0 radical (unpaired) electrons. The molecule has 14 heteroatoms. The summed E-state index contributed by atoms with van der Waals surface area (Å²) in [5.41, 5.74) is 1.86. The van der Waals surface area contributed by atoms with Gasteiger partial charge in [-0.25, -0.2) is 17.2 Å². The highest BCUT2D eigenvalue weighted by molar-refractivity contribution is 7.89. The maximum atomic E-state index is 14.0. The second-order valence-corrected chi connectivity index (χ2v) is 15.4. The van der Waals surface area contributed by atoms with Crippen LogP contribution in [0.25, 0.3) is 0 Å². The molecule has 0 spiro atoms. The molecule has 1 saturated carbocycles. The van der Waals surface area contributed by atoms with Gasteiger partial charge in [-0.2, -0.15) is 9.40 Å². The molecule has 2 fully saturated rings. The molecular weight excluding hydrogens is 628 g/mol. The molecule has 3 aliphatic rings. The highest BCUT2D eigenvalue weighted by Gasteiger charge is 2.41. The van der Waals surface area contributed by atoms with E-state index in [1.807, 2.05) is 26.0 Å². The molecular formula is C33H41F2N7O4S. The number of nitrogens with one attached hydrogen (secondary N) is 3. The molecule has 47 heavy (non-hydrogen) atoms. The number of anilines is 3. The van der Waals surface area contributed by atoms with Crippen molar-refractivity contribution in [3.63, 3.8) is 0 Å². The van der Waals surface area contributed by atoms with Crippen LogP contribution in [0.1, 0.15) is 67.6 Å². The van der Waals surface area contributed by atoms with Crippen molar-refractivity contribution in [2.75, 3.05) is 55.3 Å². The second-order valence-electron chi connectivity index (χ2n) is 13.5. The van der Waals surface area contributed by atoms with Crippen LogP contribution in [0.5, 0.6) is 0 Å². The van der Waals surface area contributed by atoms with E-state index in [0.717, 1.165) is 80.4 Å². The maximum absolute atomic E-state index is 14.0. The van der Waals surface area contributed by atoms with E-state index in [-0.39, 0.29) is 36.3 Å². The Labute approximate surface area is 273 Å². The summed E-state index contributed by atoms with van der Waals surface area (Å²) in [4.78, 5) is 31.2. The maximum Gasteiger partial charge on any atom is 0.258 e. The molecule has 2 amide bonds. The van der Waals surface area contributed by atoms with Crippen LogP contribution in [0.3, 0.4) is 0 Å². The lowest BCUT2D eigenvalue weighted by molar-refractivity contribution is -0.120. The Morgan fingerprint density at radius 1 is 0.957 bits per heavy atom. The summed E-state index contributed by atoms with van der Waals surface area (Å²) in [6, 6.07) is 7.59. The second kappa shape index (κ2) is 13.0. The SMILES string of the molecule is CN1CCN(c2ccc(C(=O)Nc3n[nH]c4c3CN(S(=O)(=O)c3cc(F)cc(F)c3)CC4(C)C)c(NC(=O)C3CCCCC3)c2)CC1. The highest BCUT2D eigenvalue weighted by Crippen LogP contribution is 2.38. The number of nitrogens with zero attached hydrogens (tertiary/aromatic N) is 4. The molecule has 0 unspecified atom stereocenters. The van der Waals surface area contributed by atoms with Gasteiger partial charge in [0.05, 0.1) is 16.1 Å². The van der Waals surface area contributed by atoms with Gasteiger partial charge < -0.3 is 20.4 Å². The number of hydrogen-bond acceptors (Lipinski definition) is 7. The predicted molar refractivity (Wildman–Crippen MR) is 175 cm³/mol. The Bertz CT molecular complexity index is 1760. The van der Waals surface area contributed by atoms with Gasteiger partial charge in [-0.05, 0) is 50.2 Å². The molecule has 3 N–H and O–H groups in total. The number of hydrogen-bond donors (Lipinski definition) is 3. The number of aromatic nitrogens is 2. The van der Waals surface area contributed by atoms with Crippen molar-refractivity contribution in [3.05, 3.63) is 64.9 Å². The summed E-state index contributed by atoms with van der Waals surface area (Å²) in [7, 11) is -2.23. The number of carbonyl (C=O) groups is 2. The zero-order valence-corrected chi connectivity index (χ0v) is 27.7. The number of piperazine rings is 1. The first-order chi connectivity index (χ1) is 22.3. The number of H-pyrrole nitrogens is 1. The average molecular weight is 670 g/mol. The van der Waals surface area contributed by atoms with E-state index in [1.165, 1.54) is 0 Å². The first kappa shape index (κ1) is 33.0. The van der Waals surface area contributed by atoms with E-state index >= 15 is 0 Å². The van der Waals surface area contributed by atoms with Crippen LogP contribution in [0.4, 0.5) is 26.0 Å². The smallest absolute Gasteiger partial charge is 0.258 e. The zero-order valence-electron chi connectivity index (χ0n) is 26.9. The number of benzene rings is 2. The predicted octanol–water partition coefficient (Wildman–Crippen LogP) is 4.69. The minimum atomic E-state index is -4.30. The van der Waals surface area contributed by atoms with E-state index in [0.29, 0.717) is 23.0 Å². The standard InChI is InChI=1S/C33H41F2N7O4S/c1-33(2)20-42(47(45,46)25-16-22(34)15-23(35)17-25)19-27-29(33)38-39-30(27)37-32(44)26-10-9-24(41-13-11-40(3)12-14-41)18-28(26)36-31(43)21-7-5-4-6-8-21/h9-10,15-18,21H,4-8,11-14,19-20H2,1-3H3,(H,36,43)(H2,37,38,39,44). The monoisotopic (exact) mass is 669 g/mol. The molecule has 1 aliphatic carbocycles. The van der Waals surface area contributed by atoms with E-state index < -0.39 is 37.9 Å². The van der Waals surface area contributed by atoms with E-state index in [2.05, 4.69) is 37.7 Å². The summed E-state index contributed by atoms with van der Waals surface area (Å²) in [6.45, 7) is 6.89. The third kappa shape index (κ3) is 6.90. The summed E-state index contributed by atoms with van der Waals surface area (Å²) in [5.74, 6) is -2.61. The van der Waals surface area contributed by atoms with Gasteiger partial charge in [0.25, 0.3) is 5.91 Å². The molecule has 3 heterocycles. The van der Waals surface area contributed by atoms with Gasteiger partial charge in [0.1, 0.15) is 11.6 Å². The van der Waals surface area contributed by atoms with Crippen molar-refractivity contribution >= 4 is 39.0 Å². The van der Waals surface area contributed by atoms with E-state index in [9.17, 15) is 26.8 Å². The van der Waals surface area contributed by atoms with Crippen LogP contribution in [-0.2, 0) is 26.8 Å². The number of likely N-dealkylation sites (N-methyl/N-ethyl adjacent to an activating group) is 1. The average Bonchev–Trinajstić information content (AvgIpc) is 3.44. The van der Waals surface area contributed by atoms with Crippen molar-refractivity contribution in [1.82, 2.24) is 19.4 Å². The van der Waals surface area contributed by atoms with Gasteiger partial charge in [-0.15, -0.1) is 0 Å². The Hall–Kier alpha value is -3.88. The summed E-state index contributed by atoms with van der Waals surface area (Å²) >= 11 is 0. The molecule has 3 aromatic rings. The molecule has 1 aromatic heterocycles. The summed E-state index contributed by atoms with van der Waals surface area (Å²) in [6.07, 6.45) is 4.71. The van der Waals surface area contributed by atoms with Crippen LogP contribution in [0.2, 0.25) is 0 Å². The third-order valence-electron chi connectivity index (χ3n) is 9.51. The van der Waals surface area contributed by atoms with Crippen molar-refractivity contribution in [3.8, 4) is 0 Å². The molecule has 2 aliphatic heterocycles. The van der Waals surface area contributed by atoms with Gasteiger partial charge in [0, 0.05) is 73.6 Å². The number of carbonyl (C=O) groups excluding carboxylic acids is 2. The van der Waals surface area contributed by atoms with Crippen molar-refractivity contribution in [2.24, 2.45) is 5.92 Å². The van der Waals surface area contributed by atoms with Crippen molar-refractivity contribution in [1.29, 1.82) is 0 Å². The van der Waals surface area contributed by atoms with Gasteiger partial charge in [-0.3, -0.25) is 14.7 Å². The quantitative estimate of drug-likeness (QED) is 0.333. The van der Waals surface area contributed by atoms with E-state index in [1.54, 1.807) is 6.07 Å². The lowest BCUT2D eigenvalue weighted by atomic mass is 9.84. The topological polar surface area (TPSA) is 131 Å². The summed E-state index contributed by atoms with van der Waals surface area (Å²) in [5, 5.41) is 13.2. The number of halogens is 2. The van der Waals surface area contributed by atoms with Gasteiger partial charge >= 0.3 is 0 Å². The largest absolute Gasteiger partial charge is 0.369 e. The van der Waals surface area contributed by atoms with Crippen molar-refractivity contribution in [2.45, 2.75) is 62.8 Å². The Morgan fingerprint density at radius 3 is 2.32 bits per heavy atom. The lowest BCUT2D eigenvalue weighted by Gasteiger charge is -2.36. The first-order valence-corrected chi connectivity index (χ1v) is 17.5. The van der Waals surface area contributed by atoms with Crippen LogP contribution < -0.4 is 15.5 Å². The van der Waals surface area contributed by atoms with Gasteiger partial charge in [0.2, 0.25) is 15.9 Å². The molecule has 1 saturated heterocycles. The van der Waals surface area contributed by atoms with Gasteiger partial charge in [0.15, 0.2) is 5.82 Å². The fourth-order valence-corrected chi connectivity index (χ4v) is 8.41. The van der Waals surface area contributed by atoms with Crippen molar-refractivity contribution < 1.29 is 26.8 Å². The van der Waals surface area contributed by atoms with Crippen LogP contribution in [0, 0.1) is 17.6 Å². The summed E-state index contributed by atoms with van der Waals surface area (Å²) < 4.78 is 56.2. The number of fused-ring (bicyclic) bond motifs is 1. The fraction of sp³-hybridized carbons (Fsp3) is 0.485. The molecule has 2 aromatic carbocycles. The Kier molecular flexibility index (Phi) is 9.11. The number of sulfonamides is 1. The molecule has 0 atom stereocenters. The third-order valence-corrected chi connectivity index (χ3v) is 11.3. The van der Waals surface area contributed by atoms with E-state index in [4.69, 9.17) is 0 Å². The minimum absolute atomic E-state index is 0.0150. The van der Waals surface area contributed by atoms with Gasteiger partial charge in [-0.1, -0.05) is 33.1 Å². The Morgan fingerprint density at radius 2 is 1.64 bits per heavy atom. The van der Waals surface area contributed by atoms with Crippen LogP contribution in [0.15, 0.2) is 41.3 Å². The fourth-order valence-electron chi connectivity index (χ4n) is 6.80. The number of aromatic amines is 1. The highest BCUT2D eigenvalue weighted by atomic mass is 32.2. The molecule has 6 rings (SSSR count).